The molecule has 21 heavy (non-hydrogen) atoms. The van der Waals surface area contributed by atoms with Crippen LogP contribution < -0.4 is 5.73 Å². The number of nitrogens with zero attached hydrogens (tertiary/aromatic N) is 1. The number of hydrogen-bond acceptors (Lipinski definition) is 2. The number of benzene rings is 1. The van der Waals surface area contributed by atoms with Crippen molar-refractivity contribution in [1.29, 1.82) is 0 Å². The van der Waals surface area contributed by atoms with Crippen molar-refractivity contribution in [2.75, 3.05) is 0 Å². The highest BCUT2D eigenvalue weighted by atomic mass is 14.8. The van der Waals surface area contributed by atoms with E-state index in [4.69, 9.17) is 5.73 Å². The summed E-state index contributed by atoms with van der Waals surface area (Å²) in [6, 6.07) is 10.9. The first-order chi connectivity index (χ1) is 10.3. The fraction of sp³-hybridized carbons (Fsp3) is 0.526. The summed E-state index contributed by atoms with van der Waals surface area (Å²) in [7, 11) is 0. The molecule has 5 rings (SSSR count). The van der Waals surface area contributed by atoms with Crippen molar-refractivity contribution in [3.8, 4) is 0 Å². The van der Waals surface area contributed by atoms with Gasteiger partial charge in [0.2, 0.25) is 0 Å². The van der Waals surface area contributed by atoms with Crippen LogP contribution in [0.2, 0.25) is 0 Å². The molecule has 2 N–H and O–H groups in total. The maximum absolute atomic E-state index is 6.99. The molecule has 1 aromatic heterocycles. The van der Waals surface area contributed by atoms with Gasteiger partial charge in [0.1, 0.15) is 0 Å². The Morgan fingerprint density at radius 2 is 2.05 bits per heavy atom. The van der Waals surface area contributed by atoms with Crippen LogP contribution in [-0.4, -0.2) is 4.98 Å². The molecule has 0 radical (unpaired) electrons. The van der Waals surface area contributed by atoms with E-state index in [1.807, 2.05) is 12.3 Å². The van der Waals surface area contributed by atoms with E-state index in [9.17, 15) is 0 Å². The van der Waals surface area contributed by atoms with E-state index in [0.29, 0.717) is 5.92 Å². The Hall–Kier alpha value is -1.41. The molecule has 5 unspecified atom stereocenters. The molecular weight excluding hydrogens is 256 g/mol. The zero-order valence-corrected chi connectivity index (χ0v) is 12.3. The van der Waals surface area contributed by atoms with Crippen LogP contribution >= 0.6 is 0 Å². The van der Waals surface area contributed by atoms with E-state index in [1.165, 1.54) is 43.1 Å². The Labute approximate surface area is 125 Å². The monoisotopic (exact) mass is 278 g/mol. The van der Waals surface area contributed by atoms with Crippen LogP contribution in [0.1, 0.15) is 37.7 Å². The average Bonchev–Trinajstić information content (AvgIpc) is 3.18. The van der Waals surface area contributed by atoms with Gasteiger partial charge in [-0.05, 0) is 73.1 Å². The van der Waals surface area contributed by atoms with E-state index >= 15 is 0 Å². The molecule has 3 fully saturated rings. The molecule has 0 aliphatic heterocycles. The third kappa shape index (κ3) is 1.54. The summed E-state index contributed by atoms with van der Waals surface area (Å²) in [4.78, 5) is 4.43. The minimum absolute atomic E-state index is 0.0831. The predicted octanol–water partition coefficient (Wildman–Crippen LogP) is 3.84. The Balaban J connectivity index is 1.59. The second kappa shape index (κ2) is 4.07. The standard InChI is InChI=1S/C19H22N2/c20-19(11-13-10-17(19)16-5-1-4-15(13)16)14-6-7-18-12(9-14)3-2-8-21-18/h2-3,6-9,13,15-17H,1,4-5,10-11,20H2. The van der Waals surface area contributed by atoms with Crippen LogP contribution in [0.25, 0.3) is 10.9 Å². The number of hydrogen-bond donors (Lipinski definition) is 1. The number of aromatic nitrogens is 1. The van der Waals surface area contributed by atoms with Crippen LogP contribution in [0, 0.1) is 23.7 Å². The lowest BCUT2D eigenvalue weighted by Gasteiger charge is -2.40. The van der Waals surface area contributed by atoms with Gasteiger partial charge in [0, 0.05) is 17.1 Å². The van der Waals surface area contributed by atoms with Crippen molar-refractivity contribution >= 4 is 10.9 Å². The molecule has 1 aromatic carbocycles. The number of fused-ring (bicyclic) bond motifs is 6. The van der Waals surface area contributed by atoms with Gasteiger partial charge in [-0.1, -0.05) is 18.6 Å². The van der Waals surface area contributed by atoms with E-state index in [2.05, 4.69) is 29.2 Å². The van der Waals surface area contributed by atoms with Gasteiger partial charge in [-0.3, -0.25) is 4.98 Å². The second-order valence-corrected chi connectivity index (χ2v) is 7.52. The van der Waals surface area contributed by atoms with E-state index in [0.717, 1.165) is 23.3 Å². The first kappa shape index (κ1) is 12.2. The predicted molar refractivity (Wildman–Crippen MR) is 84.7 cm³/mol. The topological polar surface area (TPSA) is 38.9 Å². The number of rotatable bonds is 1. The molecule has 0 spiro atoms. The van der Waals surface area contributed by atoms with Crippen molar-refractivity contribution in [2.45, 2.75) is 37.6 Å². The highest BCUT2D eigenvalue weighted by molar-refractivity contribution is 5.79. The lowest BCUT2D eigenvalue weighted by Crippen LogP contribution is -2.46. The molecule has 0 saturated heterocycles. The van der Waals surface area contributed by atoms with Gasteiger partial charge in [0.05, 0.1) is 5.52 Å². The van der Waals surface area contributed by atoms with Gasteiger partial charge in [-0.15, -0.1) is 0 Å². The number of nitrogens with two attached hydrogens (primary N) is 1. The minimum atomic E-state index is -0.0831. The quantitative estimate of drug-likeness (QED) is 0.860. The molecule has 0 amide bonds. The molecule has 1 heterocycles. The zero-order valence-electron chi connectivity index (χ0n) is 12.3. The van der Waals surface area contributed by atoms with Crippen molar-refractivity contribution in [1.82, 2.24) is 4.98 Å². The molecular formula is C19H22N2. The van der Waals surface area contributed by atoms with E-state index in [-0.39, 0.29) is 5.54 Å². The zero-order chi connectivity index (χ0) is 14.0. The molecule has 3 saturated carbocycles. The van der Waals surface area contributed by atoms with Crippen molar-refractivity contribution < 1.29 is 0 Å². The van der Waals surface area contributed by atoms with Gasteiger partial charge in [-0.2, -0.15) is 0 Å². The Bertz CT molecular complexity index is 710. The lowest BCUT2D eigenvalue weighted by molar-refractivity contribution is 0.157. The fourth-order valence-corrected chi connectivity index (χ4v) is 5.89. The smallest absolute Gasteiger partial charge is 0.0702 e. The normalized spacial score (nSPS) is 40.8. The largest absolute Gasteiger partial charge is 0.321 e. The van der Waals surface area contributed by atoms with Crippen LogP contribution in [0.5, 0.6) is 0 Å². The maximum atomic E-state index is 6.99. The molecule has 3 aliphatic rings. The van der Waals surface area contributed by atoms with E-state index < -0.39 is 0 Å². The van der Waals surface area contributed by atoms with Crippen molar-refractivity contribution in [2.24, 2.45) is 29.4 Å². The second-order valence-electron chi connectivity index (χ2n) is 7.52. The van der Waals surface area contributed by atoms with Crippen LogP contribution in [0.4, 0.5) is 0 Å². The third-order valence-corrected chi connectivity index (χ3v) is 6.71. The molecule has 2 bridgehead atoms. The SMILES string of the molecule is NC1(c2ccc3ncccc3c2)CC2CC1C1CCCC21. The average molecular weight is 278 g/mol. The summed E-state index contributed by atoms with van der Waals surface area (Å²) in [5.74, 6) is 3.49. The molecule has 5 atom stereocenters. The van der Waals surface area contributed by atoms with Gasteiger partial charge >= 0.3 is 0 Å². The Morgan fingerprint density at radius 1 is 1.14 bits per heavy atom. The summed E-state index contributed by atoms with van der Waals surface area (Å²) in [6.45, 7) is 0. The lowest BCUT2D eigenvalue weighted by atomic mass is 9.68. The third-order valence-electron chi connectivity index (χ3n) is 6.71. The Kier molecular flexibility index (Phi) is 2.36. The Morgan fingerprint density at radius 3 is 3.00 bits per heavy atom. The van der Waals surface area contributed by atoms with Crippen molar-refractivity contribution in [3.63, 3.8) is 0 Å². The minimum Gasteiger partial charge on any atom is -0.321 e. The molecule has 2 heteroatoms. The maximum Gasteiger partial charge on any atom is 0.0702 e. The van der Waals surface area contributed by atoms with Gasteiger partial charge in [0.15, 0.2) is 0 Å². The van der Waals surface area contributed by atoms with Crippen molar-refractivity contribution in [3.05, 3.63) is 42.1 Å². The van der Waals surface area contributed by atoms with Crippen LogP contribution in [0.15, 0.2) is 36.5 Å². The first-order valence-corrected chi connectivity index (χ1v) is 8.40. The highest BCUT2D eigenvalue weighted by Crippen LogP contribution is 2.64. The molecule has 2 aromatic rings. The van der Waals surface area contributed by atoms with Crippen LogP contribution in [-0.2, 0) is 5.54 Å². The fourth-order valence-electron chi connectivity index (χ4n) is 5.89. The van der Waals surface area contributed by atoms with Gasteiger partial charge in [-0.25, -0.2) is 0 Å². The number of pyridine rings is 1. The molecule has 3 aliphatic carbocycles. The van der Waals surface area contributed by atoms with Gasteiger partial charge < -0.3 is 5.73 Å². The summed E-state index contributed by atoms with van der Waals surface area (Å²) < 4.78 is 0. The highest BCUT2D eigenvalue weighted by Gasteiger charge is 2.59. The summed E-state index contributed by atoms with van der Waals surface area (Å²) in [6.07, 6.45) is 8.74. The molecule has 108 valence electrons. The van der Waals surface area contributed by atoms with Crippen LogP contribution in [0.3, 0.4) is 0 Å². The summed E-state index contributed by atoms with van der Waals surface area (Å²) >= 11 is 0. The van der Waals surface area contributed by atoms with Gasteiger partial charge in [0.25, 0.3) is 0 Å². The molecule has 2 nitrogen and oxygen atoms in total. The van der Waals surface area contributed by atoms with E-state index in [1.54, 1.807) is 0 Å². The summed E-state index contributed by atoms with van der Waals surface area (Å²) in [5, 5.41) is 1.23. The summed E-state index contributed by atoms with van der Waals surface area (Å²) in [5.41, 5.74) is 9.33. The first-order valence-electron chi connectivity index (χ1n) is 8.40.